The van der Waals surface area contributed by atoms with Crippen LogP contribution in [-0.2, 0) is 0 Å². The molecule has 0 fully saturated rings. The summed E-state index contributed by atoms with van der Waals surface area (Å²) >= 11 is 0. The number of hydrogen-bond acceptors (Lipinski definition) is 4. The normalized spacial score (nSPS) is 10.6. The predicted octanol–water partition coefficient (Wildman–Crippen LogP) is 0.664. The maximum absolute atomic E-state index is 12.2. The number of aryl methyl sites for hydroxylation is 1. The highest BCUT2D eigenvalue weighted by atomic mass is 16.2. The molecule has 0 atom stereocenters. The molecule has 0 saturated carbocycles. The van der Waals surface area contributed by atoms with Crippen LogP contribution in [0.4, 0.5) is 0 Å². The first-order chi connectivity index (χ1) is 9.43. The summed E-state index contributed by atoms with van der Waals surface area (Å²) in [5, 5.41) is 4.14. The Bertz CT molecular complexity index is 701. The molecule has 106 valence electrons. The molecule has 1 amide bonds. The number of rotatable bonds is 3. The maximum Gasteiger partial charge on any atom is 0.257 e. The number of carbonyl (C=O) groups is 1. The van der Waals surface area contributed by atoms with Crippen LogP contribution in [-0.4, -0.2) is 44.1 Å². The van der Waals surface area contributed by atoms with Gasteiger partial charge in [-0.3, -0.25) is 14.6 Å². The summed E-state index contributed by atoms with van der Waals surface area (Å²) in [7, 11) is 1.73. The molecule has 0 radical (unpaired) electrons. The fourth-order valence-electron chi connectivity index (χ4n) is 1.85. The van der Waals surface area contributed by atoms with Crippen LogP contribution in [0.1, 0.15) is 28.7 Å². The Balaban J connectivity index is 2.48. The molecule has 0 unspecified atom stereocenters. The third kappa shape index (κ3) is 2.47. The van der Waals surface area contributed by atoms with Crippen molar-refractivity contribution in [3.63, 3.8) is 0 Å². The van der Waals surface area contributed by atoms with E-state index in [1.54, 1.807) is 25.8 Å². The van der Waals surface area contributed by atoms with Gasteiger partial charge in [0.1, 0.15) is 0 Å². The lowest BCUT2D eigenvalue weighted by atomic mass is 10.2. The molecule has 0 aromatic carbocycles. The Labute approximate surface area is 116 Å². The molecular formula is C13H17N5O2. The van der Waals surface area contributed by atoms with Gasteiger partial charge in [-0.15, -0.1) is 0 Å². The Morgan fingerprint density at radius 1 is 1.45 bits per heavy atom. The Kier molecular flexibility index (Phi) is 3.69. The van der Waals surface area contributed by atoms with E-state index in [4.69, 9.17) is 0 Å². The summed E-state index contributed by atoms with van der Waals surface area (Å²) < 4.78 is 1.46. The van der Waals surface area contributed by atoms with E-state index in [9.17, 15) is 9.59 Å². The number of amides is 1. The van der Waals surface area contributed by atoms with Crippen LogP contribution in [0.2, 0.25) is 0 Å². The Morgan fingerprint density at radius 3 is 2.75 bits per heavy atom. The van der Waals surface area contributed by atoms with Crippen molar-refractivity contribution >= 4 is 5.91 Å². The van der Waals surface area contributed by atoms with Crippen LogP contribution in [0.3, 0.4) is 0 Å². The standard InChI is InChI=1S/C13H17N5O2/c1-5-17(4)12(20)10-7-14-18(9(10)3)13-15-8(2)6-11(19)16-13/h6-7H,5H2,1-4H3,(H,15,16,19). The van der Waals surface area contributed by atoms with Crippen molar-refractivity contribution in [2.24, 2.45) is 0 Å². The SMILES string of the molecule is CCN(C)C(=O)c1cnn(-c2nc(C)cc(=O)[nH]2)c1C. The zero-order chi connectivity index (χ0) is 14.9. The second kappa shape index (κ2) is 5.28. The van der Waals surface area contributed by atoms with Gasteiger partial charge in [-0.1, -0.05) is 0 Å². The van der Waals surface area contributed by atoms with Gasteiger partial charge in [0, 0.05) is 25.4 Å². The Morgan fingerprint density at radius 2 is 2.15 bits per heavy atom. The molecular weight excluding hydrogens is 258 g/mol. The quantitative estimate of drug-likeness (QED) is 0.892. The summed E-state index contributed by atoms with van der Waals surface area (Å²) in [6.45, 7) is 6.01. The van der Waals surface area contributed by atoms with Crippen molar-refractivity contribution in [2.45, 2.75) is 20.8 Å². The molecule has 2 aromatic heterocycles. The lowest BCUT2D eigenvalue weighted by Crippen LogP contribution is -2.26. The molecule has 0 aliphatic rings. The van der Waals surface area contributed by atoms with Gasteiger partial charge in [0.2, 0.25) is 5.95 Å². The minimum absolute atomic E-state index is 0.105. The maximum atomic E-state index is 12.2. The molecule has 2 heterocycles. The number of aromatic nitrogens is 4. The summed E-state index contributed by atoms with van der Waals surface area (Å²) in [5.41, 5.74) is 1.49. The first-order valence-electron chi connectivity index (χ1n) is 6.32. The van der Waals surface area contributed by atoms with Crippen LogP contribution < -0.4 is 5.56 Å². The number of nitrogens with one attached hydrogen (secondary N) is 1. The minimum Gasteiger partial charge on any atom is -0.342 e. The zero-order valence-corrected chi connectivity index (χ0v) is 12.0. The van der Waals surface area contributed by atoms with Crippen LogP contribution in [0.15, 0.2) is 17.1 Å². The van der Waals surface area contributed by atoms with Gasteiger partial charge in [0.05, 0.1) is 17.5 Å². The van der Waals surface area contributed by atoms with Crippen molar-refractivity contribution in [2.75, 3.05) is 13.6 Å². The molecule has 0 saturated heterocycles. The highest BCUT2D eigenvalue weighted by molar-refractivity contribution is 5.95. The first-order valence-corrected chi connectivity index (χ1v) is 6.32. The predicted molar refractivity (Wildman–Crippen MR) is 74.1 cm³/mol. The molecule has 0 aliphatic heterocycles. The first kappa shape index (κ1) is 14.0. The van der Waals surface area contributed by atoms with E-state index < -0.39 is 0 Å². The van der Waals surface area contributed by atoms with E-state index in [0.717, 1.165) is 0 Å². The summed E-state index contributed by atoms with van der Waals surface area (Å²) in [5.74, 6) is 0.206. The van der Waals surface area contributed by atoms with Gasteiger partial charge in [-0.05, 0) is 20.8 Å². The second-order valence-electron chi connectivity index (χ2n) is 4.59. The average Bonchev–Trinajstić information content (AvgIpc) is 2.77. The van der Waals surface area contributed by atoms with Crippen molar-refractivity contribution in [1.82, 2.24) is 24.6 Å². The van der Waals surface area contributed by atoms with Gasteiger partial charge < -0.3 is 4.90 Å². The third-order valence-corrected chi connectivity index (χ3v) is 3.12. The lowest BCUT2D eigenvalue weighted by molar-refractivity contribution is 0.0801. The number of carbonyl (C=O) groups excluding carboxylic acids is 1. The monoisotopic (exact) mass is 275 g/mol. The topological polar surface area (TPSA) is 83.9 Å². The molecule has 0 bridgehead atoms. The van der Waals surface area contributed by atoms with Gasteiger partial charge in [0.25, 0.3) is 11.5 Å². The largest absolute Gasteiger partial charge is 0.342 e. The van der Waals surface area contributed by atoms with E-state index in [1.165, 1.54) is 16.9 Å². The number of aromatic amines is 1. The molecule has 20 heavy (non-hydrogen) atoms. The molecule has 0 spiro atoms. The summed E-state index contributed by atoms with van der Waals surface area (Å²) in [4.78, 5) is 32.1. The summed E-state index contributed by atoms with van der Waals surface area (Å²) in [6, 6.07) is 1.40. The fourth-order valence-corrected chi connectivity index (χ4v) is 1.85. The highest BCUT2D eigenvalue weighted by Crippen LogP contribution is 2.12. The van der Waals surface area contributed by atoms with Crippen LogP contribution in [0.25, 0.3) is 5.95 Å². The third-order valence-electron chi connectivity index (χ3n) is 3.12. The number of nitrogens with zero attached hydrogens (tertiary/aromatic N) is 4. The van der Waals surface area contributed by atoms with E-state index >= 15 is 0 Å². The second-order valence-corrected chi connectivity index (χ2v) is 4.59. The molecule has 7 nitrogen and oxygen atoms in total. The van der Waals surface area contributed by atoms with Crippen LogP contribution in [0.5, 0.6) is 0 Å². The average molecular weight is 275 g/mol. The number of hydrogen-bond donors (Lipinski definition) is 1. The van der Waals surface area contributed by atoms with Crippen LogP contribution >= 0.6 is 0 Å². The van der Waals surface area contributed by atoms with E-state index in [0.29, 0.717) is 29.4 Å². The van der Waals surface area contributed by atoms with Gasteiger partial charge in [0.15, 0.2) is 0 Å². The molecule has 2 aromatic rings. The zero-order valence-electron chi connectivity index (χ0n) is 12.0. The van der Waals surface area contributed by atoms with E-state index in [2.05, 4.69) is 15.1 Å². The molecule has 2 rings (SSSR count). The fraction of sp³-hybridized carbons (Fsp3) is 0.385. The smallest absolute Gasteiger partial charge is 0.257 e. The van der Waals surface area contributed by atoms with Crippen molar-refractivity contribution < 1.29 is 4.79 Å². The molecule has 0 aliphatic carbocycles. The van der Waals surface area contributed by atoms with E-state index in [1.807, 2.05) is 6.92 Å². The van der Waals surface area contributed by atoms with Crippen molar-refractivity contribution in [3.8, 4) is 5.95 Å². The van der Waals surface area contributed by atoms with Crippen molar-refractivity contribution in [3.05, 3.63) is 39.6 Å². The van der Waals surface area contributed by atoms with Gasteiger partial charge in [-0.25, -0.2) is 9.67 Å². The lowest BCUT2D eigenvalue weighted by Gasteiger charge is -2.13. The number of H-pyrrole nitrogens is 1. The van der Waals surface area contributed by atoms with Gasteiger partial charge in [-0.2, -0.15) is 5.10 Å². The van der Waals surface area contributed by atoms with Crippen LogP contribution in [0, 0.1) is 13.8 Å². The molecule has 1 N–H and O–H groups in total. The van der Waals surface area contributed by atoms with Gasteiger partial charge >= 0.3 is 0 Å². The van der Waals surface area contributed by atoms with E-state index in [-0.39, 0.29) is 11.5 Å². The van der Waals surface area contributed by atoms with Crippen molar-refractivity contribution in [1.29, 1.82) is 0 Å². The molecule has 7 heteroatoms. The minimum atomic E-state index is -0.249. The Hall–Kier alpha value is -2.44. The highest BCUT2D eigenvalue weighted by Gasteiger charge is 2.18. The summed E-state index contributed by atoms with van der Waals surface area (Å²) in [6.07, 6.45) is 1.49.